The van der Waals surface area contributed by atoms with Crippen LogP contribution >= 0.6 is 11.8 Å². The maximum atomic E-state index is 12.4. The number of hydrogen-bond donors (Lipinski definition) is 2. The fourth-order valence-electron chi connectivity index (χ4n) is 3.32. The van der Waals surface area contributed by atoms with Crippen molar-refractivity contribution in [1.82, 2.24) is 10.9 Å². The molecule has 2 aromatic rings. The van der Waals surface area contributed by atoms with Gasteiger partial charge in [-0.3, -0.25) is 30.6 Å². The largest absolute Gasteiger partial charge is 0.366 e. The molecule has 0 saturated carbocycles. The second kappa shape index (κ2) is 10.1. The van der Waals surface area contributed by atoms with Crippen molar-refractivity contribution >= 4 is 35.0 Å². The van der Waals surface area contributed by atoms with Gasteiger partial charge in [-0.05, 0) is 38.0 Å². The molecule has 1 heterocycles. The van der Waals surface area contributed by atoms with Gasteiger partial charge >= 0.3 is 0 Å². The van der Waals surface area contributed by atoms with Crippen molar-refractivity contribution in [1.29, 1.82) is 0 Å². The molecular formula is C21H24N4O4S. The van der Waals surface area contributed by atoms with Crippen LogP contribution in [0.15, 0.2) is 53.4 Å². The third-order valence-corrected chi connectivity index (χ3v) is 6.01. The van der Waals surface area contributed by atoms with Gasteiger partial charge in [0.05, 0.1) is 10.7 Å². The van der Waals surface area contributed by atoms with Gasteiger partial charge in [-0.1, -0.05) is 29.8 Å². The number of para-hydroxylation sites is 2. The highest BCUT2D eigenvalue weighted by Crippen LogP contribution is 2.31. The van der Waals surface area contributed by atoms with E-state index < -0.39 is 4.92 Å². The summed E-state index contributed by atoms with van der Waals surface area (Å²) in [5, 5.41) is 11.2. The summed E-state index contributed by atoms with van der Waals surface area (Å²) in [5.41, 5.74) is 6.77. The first-order valence-corrected chi connectivity index (χ1v) is 10.7. The summed E-state index contributed by atoms with van der Waals surface area (Å²) >= 11 is 1.40. The Labute approximate surface area is 179 Å². The van der Waals surface area contributed by atoms with Gasteiger partial charge < -0.3 is 4.90 Å². The fourth-order valence-corrected chi connectivity index (χ4v) is 4.02. The highest BCUT2D eigenvalue weighted by atomic mass is 32.2. The molecular weight excluding hydrogens is 404 g/mol. The van der Waals surface area contributed by atoms with Crippen molar-refractivity contribution < 1.29 is 14.5 Å². The van der Waals surface area contributed by atoms with Gasteiger partial charge in [0.15, 0.2) is 0 Å². The van der Waals surface area contributed by atoms with Crippen LogP contribution < -0.4 is 15.8 Å². The number of nitro groups is 1. The molecule has 0 unspecified atom stereocenters. The molecule has 2 amide bonds. The SMILES string of the molecule is Cc1ccc(SCC(=O)NNC(=O)C2CCN(c3ccccc3[N+](=O)[O-])CC2)cc1. The Kier molecular flexibility index (Phi) is 7.29. The average molecular weight is 429 g/mol. The first-order valence-electron chi connectivity index (χ1n) is 9.70. The molecule has 0 radical (unpaired) electrons. The van der Waals surface area contributed by atoms with Crippen molar-refractivity contribution in [2.45, 2.75) is 24.7 Å². The Morgan fingerprint density at radius 3 is 2.43 bits per heavy atom. The molecule has 2 N–H and O–H groups in total. The number of amides is 2. The van der Waals surface area contributed by atoms with Crippen LogP contribution in [0.3, 0.4) is 0 Å². The number of nitro benzene ring substituents is 1. The van der Waals surface area contributed by atoms with Crippen LogP contribution in [0.1, 0.15) is 18.4 Å². The molecule has 0 aromatic heterocycles. The minimum Gasteiger partial charge on any atom is -0.366 e. The van der Waals surface area contributed by atoms with Crippen molar-refractivity contribution in [3.05, 3.63) is 64.2 Å². The normalized spacial score (nSPS) is 14.2. The van der Waals surface area contributed by atoms with E-state index in [2.05, 4.69) is 10.9 Å². The zero-order valence-corrected chi connectivity index (χ0v) is 17.5. The van der Waals surface area contributed by atoms with E-state index in [1.165, 1.54) is 17.8 Å². The molecule has 9 heteroatoms. The van der Waals surface area contributed by atoms with Gasteiger partial charge in [0.25, 0.3) is 5.69 Å². The van der Waals surface area contributed by atoms with Crippen molar-refractivity contribution in [2.24, 2.45) is 5.92 Å². The number of piperidine rings is 1. The van der Waals surface area contributed by atoms with Gasteiger partial charge in [-0.2, -0.15) is 0 Å². The molecule has 158 valence electrons. The standard InChI is InChI=1S/C21H24N4O4S/c1-15-6-8-17(9-7-15)30-14-20(26)22-23-21(27)16-10-12-24(13-11-16)18-4-2-3-5-19(18)25(28)29/h2-9,16H,10-14H2,1H3,(H,22,26)(H,23,27). The number of benzene rings is 2. The van der Waals surface area contributed by atoms with Crippen molar-refractivity contribution in [3.63, 3.8) is 0 Å². The number of hydrogen-bond acceptors (Lipinski definition) is 6. The van der Waals surface area contributed by atoms with E-state index >= 15 is 0 Å². The van der Waals surface area contributed by atoms with Crippen LogP contribution in [0.2, 0.25) is 0 Å². The van der Waals surface area contributed by atoms with Gasteiger partial charge in [0, 0.05) is 30.0 Å². The number of hydrazine groups is 1. The van der Waals surface area contributed by atoms with Gasteiger partial charge in [-0.15, -0.1) is 11.8 Å². The van der Waals surface area contributed by atoms with E-state index in [4.69, 9.17) is 0 Å². The number of anilines is 1. The highest BCUT2D eigenvalue weighted by Gasteiger charge is 2.28. The smallest absolute Gasteiger partial charge is 0.292 e. The lowest BCUT2D eigenvalue weighted by Gasteiger charge is -2.32. The number of carbonyl (C=O) groups excluding carboxylic acids is 2. The zero-order valence-electron chi connectivity index (χ0n) is 16.7. The molecule has 0 bridgehead atoms. The summed E-state index contributed by atoms with van der Waals surface area (Å²) in [5.74, 6) is -0.536. The number of aryl methyl sites for hydroxylation is 1. The molecule has 8 nitrogen and oxygen atoms in total. The van der Waals surface area contributed by atoms with E-state index in [1.54, 1.807) is 18.2 Å². The third-order valence-electron chi connectivity index (χ3n) is 5.00. The van der Waals surface area contributed by atoms with E-state index in [0.717, 1.165) is 10.5 Å². The molecule has 2 aromatic carbocycles. The summed E-state index contributed by atoms with van der Waals surface area (Å²) in [6, 6.07) is 14.5. The van der Waals surface area contributed by atoms with Crippen LogP contribution in [0.5, 0.6) is 0 Å². The Bertz CT molecular complexity index is 911. The average Bonchev–Trinajstić information content (AvgIpc) is 2.77. The second-order valence-electron chi connectivity index (χ2n) is 7.15. The van der Waals surface area contributed by atoms with E-state index in [9.17, 15) is 19.7 Å². The third kappa shape index (κ3) is 5.73. The summed E-state index contributed by atoms with van der Waals surface area (Å²) < 4.78 is 0. The molecule has 1 aliphatic rings. The minimum absolute atomic E-state index is 0.0683. The Morgan fingerprint density at radius 1 is 1.10 bits per heavy atom. The maximum absolute atomic E-state index is 12.4. The maximum Gasteiger partial charge on any atom is 0.292 e. The molecule has 0 atom stereocenters. The van der Waals surface area contributed by atoms with E-state index in [0.29, 0.717) is 31.6 Å². The van der Waals surface area contributed by atoms with Gasteiger partial charge in [0.2, 0.25) is 11.8 Å². The first kappa shape index (κ1) is 21.6. The zero-order chi connectivity index (χ0) is 21.5. The Balaban J connectivity index is 1.42. The van der Waals surface area contributed by atoms with Crippen molar-refractivity contribution in [3.8, 4) is 0 Å². The van der Waals surface area contributed by atoms with E-state index in [1.807, 2.05) is 36.1 Å². The summed E-state index contributed by atoms with van der Waals surface area (Å²) in [6.07, 6.45) is 1.12. The number of thioether (sulfide) groups is 1. The molecule has 1 saturated heterocycles. The van der Waals surface area contributed by atoms with Crippen LogP contribution in [-0.2, 0) is 9.59 Å². The Morgan fingerprint density at radius 2 is 1.77 bits per heavy atom. The summed E-state index contributed by atoms with van der Waals surface area (Å²) in [6.45, 7) is 3.09. The highest BCUT2D eigenvalue weighted by molar-refractivity contribution is 8.00. The first-order chi connectivity index (χ1) is 14.4. The van der Waals surface area contributed by atoms with E-state index in [-0.39, 0.29) is 29.2 Å². The quantitative estimate of drug-likeness (QED) is 0.416. The minimum atomic E-state index is -0.391. The van der Waals surface area contributed by atoms with Gasteiger partial charge in [0.1, 0.15) is 5.69 Å². The monoisotopic (exact) mass is 428 g/mol. The van der Waals surface area contributed by atoms with Crippen LogP contribution in [0.4, 0.5) is 11.4 Å². The number of rotatable bonds is 6. The van der Waals surface area contributed by atoms with Gasteiger partial charge in [-0.25, -0.2) is 0 Å². The lowest BCUT2D eigenvalue weighted by molar-refractivity contribution is -0.384. The molecule has 0 aliphatic carbocycles. The lowest BCUT2D eigenvalue weighted by atomic mass is 9.95. The topological polar surface area (TPSA) is 105 Å². The number of nitrogens with one attached hydrogen (secondary N) is 2. The summed E-state index contributed by atoms with van der Waals surface area (Å²) in [4.78, 5) is 38.1. The predicted molar refractivity (Wildman–Crippen MR) is 116 cm³/mol. The number of nitrogens with zero attached hydrogens (tertiary/aromatic N) is 2. The van der Waals surface area contributed by atoms with Crippen LogP contribution in [-0.4, -0.2) is 35.6 Å². The predicted octanol–water partition coefficient (Wildman–Crippen LogP) is 3.06. The fraction of sp³-hybridized carbons (Fsp3) is 0.333. The lowest BCUT2D eigenvalue weighted by Crippen LogP contribution is -2.48. The van der Waals surface area contributed by atoms with Crippen LogP contribution in [0.25, 0.3) is 0 Å². The van der Waals surface area contributed by atoms with Crippen molar-refractivity contribution in [2.75, 3.05) is 23.7 Å². The molecule has 0 spiro atoms. The second-order valence-corrected chi connectivity index (χ2v) is 8.20. The molecule has 1 aliphatic heterocycles. The molecule has 3 rings (SSSR count). The number of carbonyl (C=O) groups is 2. The summed E-state index contributed by atoms with van der Waals surface area (Å²) in [7, 11) is 0. The molecule has 30 heavy (non-hydrogen) atoms. The molecule has 1 fully saturated rings. The van der Waals surface area contributed by atoms with Crippen LogP contribution in [0, 0.1) is 23.0 Å². The Hall–Kier alpha value is -3.07.